The van der Waals surface area contributed by atoms with Crippen LogP contribution in [-0.4, -0.2) is 35.7 Å². The standard InChI is InChI=1S/C25H20ClN7O2/c26-16-5-4-8-19(12-16)32(18-6-2-1-3-7-18)21-13-22(28-17-9-10-17)33-23(30-21)15(14-27-33)11-20-24(34)31-25(35)29-20/h1-8,11-14,17,34H,9-10H2,(H2,29,31,35). The molecule has 0 amide bonds. The van der Waals surface area contributed by atoms with Crippen molar-refractivity contribution in [1.29, 1.82) is 0 Å². The molecular weight excluding hydrogens is 466 g/mol. The predicted molar refractivity (Wildman–Crippen MR) is 133 cm³/mol. The van der Waals surface area contributed by atoms with Gasteiger partial charge in [0.1, 0.15) is 11.5 Å². The minimum absolute atomic E-state index is 0.243. The van der Waals surface area contributed by atoms with E-state index >= 15 is 0 Å². The van der Waals surface area contributed by atoms with Crippen molar-refractivity contribution >= 4 is 40.5 Å². The smallest absolute Gasteiger partial charge is 0.326 e. The first-order valence-electron chi connectivity index (χ1n) is 11.1. The number of rotatable bonds is 5. The number of hydrogen-bond acceptors (Lipinski definition) is 6. The van der Waals surface area contributed by atoms with Gasteiger partial charge < -0.3 is 10.1 Å². The van der Waals surface area contributed by atoms with Crippen LogP contribution in [-0.2, 0) is 0 Å². The number of fused-ring (bicyclic) bond motifs is 1. The Morgan fingerprint density at radius 2 is 1.89 bits per heavy atom. The Morgan fingerprint density at radius 3 is 2.60 bits per heavy atom. The zero-order chi connectivity index (χ0) is 23.9. The van der Waals surface area contributed by atoms with E-state index in [1.807, 2.05) is 65.6 Å². The van der Waals surface area contributed by atoms with Gasteiger partial charge in [-0.1, -0.05) is 35.9 Å². The fourth-order valence-corrected chi connectivity index (χ4v) is 4.09. The van der Waals surface area contributed by atoms with Gasteiger partial charge in [0.25, 0.3) is 0 Å². The van der Waals surface area contributed by atoms with Crippen LogP contribution in [0.25, 0.3) is 11.7 Å². The molecule has 1 fully saturated rings. The monoisotopic (exact) mass is 485 g/mol. The summed E-state index contributed by atoms with van der Waals surface area (Å²) in [6, 6.07) is 19.6. The Morgan fingerprint density at radius 1 is 1.09 bits per heavy atom. The first kappa shape index (κ1) is 21.2. The molecule has 9 nitrogen and oxygen atoms in total. The highest BCUT2D eigenvalue weighted by Gasteiger charge is 2.22. The molecule has 2 aromatic carbocycles. The van der Waals surface area contributed by atoms with Crippen molar-refractivity contribution in [2.24, 2.45) is 4.99 Å². The quantitative estimate of drug-likeness (QED) is 0.353. The molecule has 0 spiro atoms. The van der Waals surface area contributed by atoms with Crippen LogP contribution >= 0.6 is 11.6 Å². The van der Waals surface area contributed by atoms with E-state index in [1.165, 1.54) is 0 Å². The van der Waals surface area contributed by atoms with Gasteiger partial charge in [-0.25, -0.2) is 9.78 Å². The highest BCUT2D eigenvalue weighted by molar-refractivity contribution is 6.30. The van der Waals surface area contributed by atoms with Crippen LogP contribution < -0.4 is 21.3 Å². The lowest BCUT2D eigenvalue weighted by Gasteiger charge is -2.24. The van der Waals surface area contributed by atoms with Gasteiger partial charge in [0.2, 0.25) is 5.88 Å². The molecule has 0 aliphatic heterocycles. The summed E-state index contributed by atoms with van der Waals surface area (Å²) in [6.45, 7) is 0. The Balaban J connectivity index is 1.63. The molecule has 6 rings (SSSR count). The van der Waals surface area contributed by atoms with Crippen molar-refractivity contribution in [2.75, 3.05) is 4.90 Å². The summed E-state index contributed by atoms with van der Waals surface area (Å²) >= 11 is 6.34. The van der Waals surface area contributed by atoms with Crippen LogP contribution in [0, 0.1) is 0 Å². The summed E-state index contributed by atoms with van der Waals surface area (Å²) < 4.78 is 1.68. The van der Waals surface area contributed by atoms with Crippen molar-refractivity contribution in [3.8, 4) is 5.88 Å². The van der Waals surface area contributed by atoms with Gasteiger partial charge in [-0.2, -0.15) is 9.61 Å². The number of H-pyrrole nitrogens is 2. The summed E-state index contributed by atoms with van der Waals surface area (Å²) in [5, 5.41) is 15.8. The van der Waals surface area contributed by atoms with Crippen molar-refractivity contribution < 1.29 is 5.11 Å². The number of benzene rings is 2. The van der Waals surface area contributed by atoms with Crippen LogP contribution in [0.2, 0.25) is 5.02 Å². The molecule has 174 valence electrons. The first-order valence-corrected chi connectivity index (χ1v) is 11.5. The second-order valence-electron chi connectivity index (χ2n) is 8.30. The molecule has 1 saturated carbocycles. The third kappa shape index (κ3) is 4.17. The highest BCUT2D eigenvalue weighted by atomic mass is 35.5. The van der Waals surface area contributed by atoms with E-state index in [2.05, 4.69) is 15.1 Å². The number of halogens is 1. The SMILES string of the molecule is O=c1[nH]c(O)c(C=c2cnn3c(=NC4CC4)cc(N(c4ccccc4)c4cccc(Cl)c4)nc23)[nH]1. The van der Waals surface area contributed by atoms with Crippen molar-refractivity contribution in [2.45, 2.75) is 18.9 Å². The number of imidazole rings is 1. The highest BCUT2D eigenvalue weighted by Crippen LogP contribution is 2.34. The number of aromatic hydroxyl groups is 1. The van der Waals surface area contributed by atoms with Crippen LogP contribution in [0.5, 0.6) is 5.88 Å². The van der Waals surface area contributed by atoms with Crippen LogP contribution in [0.1, 0.15) is 18.5 Å². The summed E-state index contributed by atoms with van der Waals surface area (Å²) in [5.41, 5.74) is 2.69. The van der Waals surface area contributed by atoms with Gasteiger partial charge in [-0.05, 0) is 49.2 Å². The third-order valence-electron chi connectivity index (χ3n) is 5.67. The van der Waals surface area contributed by atoms with E-state index in [1.54, 1.807) is 16.8 Å². The molecule has 35 heavy (non-hydrogen) atoms. The maximum absolute atomic E-state index is 11.6. The molecule has 5 aromatic rings. The molecule has 3 N–H and O–H groups in total. The van der Waals surface area contributed by atoms with Gasteiger partial charge >= 0.3 is 5.69 Å². The molecule has 3 heterocycles. The maximum atomic E-state index is 11.6. The van der Waals surface area contributed by atoms with E-state index < -0.39 is 5.69 Å². The zero-order valence-corrected chi connectivity index (χ0v) is 19.1. The Bertz CT molecular complexity index is 1720. The van der Waals surface area contributed by atoms with Gasteiger partial charge in [-0.15, -0.1) is 0 Å². The molecule has 1 aliphatic rings. The van der Waals surface area contributed by atoms with Crippen molar-refractivity contribution in [3.05, 3.63) is 98.8 Å². The fourth-order valence-electron chi connectivity index (χ4n) is 3.90. The lowest BCUT2D eigenvalue weighted by molar-refractivity contribution is 0.454. The summed E-state index contributed by atoms with van der Waals surface area (Å²) in [5.74, 6) is 0.380. The van der Waals surface area contributed by atoms with E-state index in [0.717, 1.165) is 24.2 Å². The molecule has 0 atom stereocenters. The molecule has 0 unspecified atom stereocenters. The molecular formula is C25H20ClN7O2. The van der Waals surface area contributed by atoms with E-state index in [0.29, 0.717) is 27.2 Å². The fraction of sp³-hybridized carbons (Fsp3) is 0.120. The number of aromatic amines is 2. The lowest BCUT2D eigenvalue weighted by Crippen LogP contribution is -2.22. The second kappa shape index (κ2) is 8.44. The largest absolute Gasteiger partial charge is 0.493 e. The minimum Gasteiger partial charge on any atom is -0.493 e. The molecule has 1 aliphatic carbocycles. The first-order chi connectivity index (χ1) is 17.0. The molecule has 0 bridgehead atoms. The number of nitrogens with one attached hydrogen (secondary N) is 2. The molecule has 0 saturated heterocycles. The zero-order valence-electron chi connectivity index (χ0n) is 18.4. The van der Waals surface area contributed by atoms with Crippen molar-refractivity contribution in [3.63, 3.8) is 0 Å². The molecule has 10 heteroatoms. The summed E-state index contributed by atoms with van der Waals surface area (Å²) in [7, 11) is 0. The number of para-hydroxylation sites is 1. The topological polar surface area (TPSA) is 115 Å². The molecule has 3 aromatic heterocycles. The molecule has 0 radical (unpaired) electrons. The van der Waals surface area contributed by atoms with E-state index in [-0.39, 0.29) is 17.6 Å². The average molecular weight is 486 g/mol. The number of nitrogens with zero attached hydrogens (tertiary/aromatic N) is 5. The summed E-state index contributed by atoms with van der Waals surface area (Å²) in [4.78, 5) is 28.3. The van der Waals surface area contributed by atoms with Gasteiger partial charge in [-0.3, -0.25) is 14.9 Å². The third-order valence-corrected chi connectivity index (χ3v) is 5.91. The van der Waals surface area contributed by atoms with Gasteiger partial charge in [0, 0.05) is 27.7 Å². The minimum atomic E-state index is -0.500. The number of hydrogen-bond donors (Lipinski definition) is 3. The van der Waals surface area contributed by atoms with Gasteiger partial charge in [0.05, 0.1) is 12.2 Å². The maximum Gasteiger partial charge on any atom is 0.326 e. The number of aromatic nitrogens is 5. The summed E-state index contributed by atoms with van der Waals surface area (Å²) in [6.07, 6.45) is 5.33. The second-order valence-corrected chi connectivity index (χ2v) is 8.74. The van der Waals surface area contributed by atoms with Crippen LogP contribution in [0.15, 0.2) is 76.6 Å². The average Bonchev–Trinajstić information content (AvgIpc) is 3.48. The van der Waals surface area contributed by atoms with E-state index in [4.69, 9.17) is 21.6 Å². The van der Waals surface area contributed by atoms with Crippen molar-refractivity contribution in [1.82, 2.24) is 24.6 Å². The predicted octanol–water partition coefficient (Wildman–Crippen LogP) is 3.19. The van der Waals surface area contributed by atoms with Gasteiger partial charge in [0.15, 0.2) is 11.1 Å². The lowest BCUT2D eigenvalue weighted by atomic mass is 10.2. The Labute approximate surface area is 203 Å². The normalized spacial score (nSPS) is 14.7. The number of anilines is 3. The van der Waals surface area contributed by atoms with Crippen LogP contribution in [0.3, 0.4) is 0 Å². The Hall–Kier alpha value is -4.37. The Kier molecular flexibility index (Phi) is 5.11. The van der Waals surface area contributed by atoms with E-state index in [9.17, 15) is 9.90 Å². The van der Waals surface area contributed by atoms with Crippen LogP contribution in [0.4, 0.5) is 17.2 Å².